The van der Waals surface area contributed by atoms with E-state index in [4.69, 9.17) is 10.6 Å². The van der Waals surface area contributed by atoms with Crippen molar-refractivity contribution in [1.82, 2.24) is 5.43 Å². The van der Waals surface area contributed by atoms with Gasteiger partial charge in [0.2, 0.25) is 6.10 Å². The summed E-state index contributed by atoms with van der Waals surface area (Å²) in [5.74, 6) is 4.41. The number of hydrogen-bond acceptors (Lipinski definition) is 3. The first-order valence-corrected chi connectivity index (χ1v) is 6.58. The van der Waals surface area contributed by atoms with Crippen LogP contribution in [0.1, 0.15) is 11.7 Å². The molecule has 2 aromatic carbocycles. The summed E-state index contributed by atoms with van der Waals surface area (Å²) in [6.45, 7) is 0. The molecule has 6 heteroatoms. The molecule has 0 saturated carbocycles. The van der Waals surface area contributed by atoms with Crippen LogP contribution in [-0.2, 0) is 4.79 Å². The first-order valence-electron chi connectivity index (χ1n) is 5.79. The van der Waals surface area contributed by atoms with Crippen LogP contribution in [0.15, 0.2) is 53.0 Å². The molecule has 0 fully saturated rings. The van der Waals surface area contributed by atoms with Gasteiger partial charge in [-0.2, -0.15) is 0 Å². The molecule has 0 aromatic heterocycles. The molecule has 104 valence electrons. The van der Waals surface area contributed by atoms with E-state index in [2.05, 4.69) is 15.9 Å². The highest BCUT2D eigenvalue weighted by Crippen LogP contribution is 2.30. The Morgan fingerprint density at radius 3 is 2.60 bits per heavy atom. The van der Waals surface area contributed by atoms with Crippen molar-refractivity contribution in [2.45, 2.75) is 6.10 Å². The lowest BCUT2D eigenvalue weighted by molar-refractivity contribution is -0.128. The van der Waals surface area contributed by atoms with Crippen LogP contribution in [0.25, 0.3) is 0 Å². The fourth-order valence-electron chi connectivity index (χ4n) is 1.67. The maximum atomic E-state index is 13.3. The van der Waals surface area contributed by atoms with Crippen molar-refractivity contribution >= 4 is 21.8 Å². The lowest BCUT2D eigenvalue weighted by atomic mass is 10.1. The van der Waals surface area contributed by atoms with Gasteiger partial charge in [-0.25, -0.2) is 10.2 Å². The number of nitrogens with one attached hydrogen (secondary N) is 1. The smallest absolute Gasteiger partial charge is 0.279 e. The zero-order valence-electron chi connectivity index (χ0n) is 10.3. The number of carbonyl (C=O) groups excluding carboxylic acids is 1. The average molecular weight is 339 g/mol. The number of benzene rings is 2. The Labute approximate surface area is 123 Å². The van der Waals surface area contributed by atoms with E-state index in [1.165, 1.54) is 18.2 Å². The second-order valence-electron chi connectivity index (χ2n) is 3.99. The normalized spacial score (nSPS) is 11.8. The molecule has 0 bridgehead atoms. The summed E-state index contributed by atoms with van der Waals surface area (Å²) >= 11 is 3.25. The molecular weight excluding hydrogens is 327 g/mol. The second-order valence-corrected chi connectivity index (χ2v) is 4.85. The van der Waals surface area contributed by atoms with E-state index in [0.29, 0.717) is 10.0 Å². The van der Waals surface area contributed by atoms with Crippen LogP contribution < -0.4 is 16.0 Å². The number of hydrogen-bond donors (Lipinski definition) is 2. The third-order valence-electron chi connectivity index (χ3n) is 2.62. The number of rotatable bonds is 4. The van der Waals surface area contributed by atoms with Gasteiger partial charge in [0, 0.05) is 11.6 Å². The first-order chi connectivity index (χ1) is 9.61. The van der Waals surface area contributed by atoms with Crippen molar-refractivity contribution in [2.75, 3.05) is 0 Å². The number of amides is 1. The molecule has 2 aromatic rings. The lowest BCUT2D eigenvalue weighted by Gasteiger charge is -2.18. The monoisotopic (exact) mass is 338 g/mol. The molecule has 0 aliphatic carbocycles. The van der Waals surface area contributed by atoms with Crippen LogP contribution in [0, 0.1) is 5.82 Å². The van der Waals surface area contributed by atoms with Gasteiger partial charge in [-0.3, -0.25) is 10.2 Å². The quantitative estimate of drug-likeness (QED) is 0.511. The molecule has 1 unspecified atom stereocenters. The highest BCUT2D eigenvalue weighted by Gasteiger charge is 2.22. The molecule has 0 radical (unpaired) electrons. The van der Waals surface area contributed by atoms with Gasteiger partial charge < -0.3 is 4.74 Å². The SMILES string of the molecule is NNC(=O)C(Oc1cc(F)ccc1Br)c1ccccc1. The first kappa shape index (κ1) is 14.5. The highest BCUT2D eigenvalue weighted by molar-refractivity contribution is 9.10. The molecule has 1 atom stereocenters. The third kappa shape index (κ3) is 3.34. The minimum absolute atomic E-state index is 0.224. The van der Waals surface area contributed by atoms with E-state index in [9.17, 15) is 9.18 Å². The van der Waals surface area contributed by atoms with Gasteiger partial charge in [-0.05, 0) is 28.1 Å². The van der Waals surface area contributed by atoms with E-state index >= 15 is 0 Å². The van der Waals surface area contributed by atoms with E-state index in [1.807, 2.05) is 11.5 Å². The van der Waals surface area contributed by atoms with Crippen LogP contribution in [0.4, 0.5) is 4.39 Å². The highest BCUT2D eigenvalue weighted by atomic mass is 79.9. The molecule has 0 aliphatic rings. The molecule has 3 N–H and O–H groups in total. The number of nitrogens with two attached hydrogens (primary N) is 1. The van der Waals surface area contributed by atoms with Crippen LogP contribution in [0.5, 0.6) is 5.75 Å². The Kier molecular flexibility index (Phi) is 4.70. The standard InChI is InChI=1S/C14H12BrFN2O2/c15-11-7-6-10(16)8-12(11)20-13(14(19)18-17)9-4-2-1-3-5-9/h1-8,13H,17H2,(H,18,19). The Balaban J connectivity index is 2.34. The molecule has 0 heterocycles. The van der Waals surface area contributed by atoms with Crippen molar-refractivity contribution < 1.29 is 13.9 Å². The summed E-state index contributed by atoms with van der Waals surface area (Å²) in [6.07, 6.45) is -0.959. The van der Waals surface area contributed by atoms with Crippen LogP contribution >= 0.6 is 15.9 Å². The van der Waals surface area contributed by atoms with E-state index in [-0.39, 0.29) is 5.75 Å². The summed E-state index contributed by atoms with van der Waals surface area (Å²) < 4.78 is 19.4. The summed E-state index contributed by atoms with van der Waals surface area (Å²) in [5.41, 5.74) is 2.66. The lowest BCUT2D eigenvalue weighted by Crippen LogP contribution is -2.37. The summed E-state index contributed by atoms with van der Waals surface area (Å²) in [6, 6.07) is 12.8. The van der Waals surface area contributed by atoms with Crippen LogP contribution in [0.2, 0.25) is 0 Å². The molecule has 0 saturated heterocycles. The van der Waals surface area contributed by atoms with Crippen LogP contribution in [-0.4, -0.2) is 5.91 Å². The molecule has 0 aliphatic heterocycles. The Bertz CT molecular complexity index is 607. The predicted molar refractivity (Wildman–Crippen MR) is 76.2 cm³/mol. The number of halogens is 2. The zero-order valence-corrected chi connectivity index (χ0v) is 11.9. The number of carbonyl (C=O) groups is 1. The van der Waals surface area contributed by atoms with Gasteiger partial charge in [0.05, 0.1) is 4.47 Å². The van der Waals surface area contributed by atoms with E-state index in [0.717, 1.165) is 0 Å². The van der Waals surface area contributed by atoms with Crippen molar-refractivity contribution in [1.29, 1.82) is 0 Å². The minimum atomic E-state index is -0.959. The van der Waals surface area contributed by atoms with Gasteiger partial charge in [0.25, 0.3) is 5.91 Å². The second kappa shape index (κ2) is 6.49. The average Bonchev–Trinajstić information content (AvgIpc) is 2.48. The predicted octanol–water partition coefficient (Wildman–Crippen LogP) is 2.70. The van der Waals surface area contributed by atoms with Crippen molar-refractivity contribution in [3.63, 3.8) is 0 Å². The molecule has 4 nitrogen and oxygen atoms in total. The molecular formula is C14H12BrFN2O2. The Hall–Kier alpha value is -1.92. The van der Waals surface area contributed by atoms with Gasteiger partial charge in [-0.15, -0.1) is 0 Å². The fourth-order valence-corrected chi connectivity index (χ4v) is 2.01. The van der Waals surface area contributed by atoms with Crippen molar-refractivity contribution in [2.24, 2.45) is 5.84 Å². The van der Waals surface area contributed by atoms with E-state index in [1.54, 1.807) is 24.3 Å². The molecule has 2 rings (SSSR count). The van der Waals surface area contributed by atoms with Gasteiger partial charge in [0.15, 0.2) is 0 Å². The molecule has 0 spiro atoms. The van der Waals surface area contributed by atoms with Gasteiger partial charge >= 0.3 is 0 Å². The zero-order chi connectivity index (χ0) is 14.5. The fraction of sp³-hybridized carbons (Fsp3) is 0.0714. The van der Waals surface area contributed by atoms with Crippen LogP contribution in [0.3, 0.4) is 0 Å². The van der Waals surface area contributed by atoms with Gasteiger partial charge in [0.1, 0.15) is 11.6 Å². The third-order valence-corrected chi connectivity index (χ3v) is 3.28. The number of hydrazine groups is 1. The summed E-state index contributed by atoms with van der Waals surface area (Å²) in [4.78, 5) is 11.8. The Morgan fingerprint density at radius 2 is 1.95 bits per heavy atom. The van der Waals surface area contributed by atoms with Crippen molar-refractivity contribution in [3.8, 4) is 5.75 Å². The molecule has 1 amide bonds. The van der Waals surface area contributed by atoms with Gasteiger partial charge in [-0.1, -0.05) is 30.3 Å². The summed E-state index contributed by atoms with van der Waals surface area (Å²) in [5, 5.41) is 0. The van der Waals surface area contributed by atoms with E-state index < -0.39 is 17.8 Å². The minimum Gasteiger partial charge on any atom is -0.474 e. The van der Waals surface area contributed by atoms with Crippen molar-refractivity contribution in [3.05, 3.63) is 64.4 Å². The summed E-state index contributed by atoms with van der Waals surface area (Å²) in [7, 11) is 0. The Morgan fingerprint density at radius 1 is 1.25 bits per heavy atom. The number of ether oxygens (including phenoxy) is 1. The topological polar surface area (TPSA) is 64.3 Å². The largest absolute Gasteiger partial charge is 0.474 e. The maximum Gasteiger partial charge on any atom is 0.279 e. The molecule has 20 heavy (non-hydrogen) atoms. The maximum absolute atomic E-state index is 13.3.